The molecule has 1 aromatic carbocycles. The Labute approximate surface area is 133 Å². The highest BCUT2D eigenvalue weighted by Crippen LogP contribution is 2.36. The molecule has 0 bridgehead atoms. The summed E-state index contributed by atoms with van der Waals surface area (Å²) in [4.78, 5) is 11.5. The largest absolute Gasteiger partial charge is 0.465 e. The van der Waals surface area contributed by atoms with Crippen LogP contribution in [0.5, 0.6) is 0 Å². The lowest BCUT2D eigenvalue weighted by Gasteiger charge is -2.35. The maximum atomic E-state index is 12.3. The average molecular weight is 345 g/mol. The molecule has 1 aromatic rings. The van der Waals surface area contributed by atoms with Crippen molar-refractivity contribution in [2.45, 2.75) is 43.8 Å². The highest BCUT2D eigenvalue weighted by molar-refractivity contribution is 7.91. The lowest BCUT2D eigenvalue weighted by atomic mass is 10.2. The number of carbonyl (C=O) groups excluding carboxylic acids is 1. The van der Waals surface area contributed by atoms with E-state index in [1.165, 1.54) is 31.4 Å². The van der Waals surface area contributed by atoms with Crippen LogP contribution in [0.25, 0.3) is 0 Å². The van der Waals surface area contributed by atoms with Gasteiger partial charge in [0.05, 0.1) is 17.6 Å². The van der Waals surface area contributed by atoms with Gasteiger partial charge in [-0.25, -0.2) is 13.2 Å². The number of hydrogen-bond acceptors (Lipinski definition) is 5. The predicted molar refractivity (Wildman–Crippen MR) is 88.1 cm³/mol. The summed E-state index contributed by atoms with van der Waals surface area (Å²) in [7, 11) is -4.40. The Hall–Kier alpha value is -1.18. The van der Waals surface area contributed by atoms with Crippen LogP contribution in [0.3, 0.4) is 0 Å². The third-order valence-electron chi connectivity index (χ3n) is 4.02. The Morgan fingerprint density at radius 3 is 2.05 bits per heavy atom. The molecule has 0 aliphatic carbocycles. The van der Waals surface area contributed by atoms with Crippen LogP contribution >= 0.6 is 0 Å². The first kappa shape index (κ1) is 18.9. The molecule has 0 saturated heterocycles. The van der Waals surface area contributed by atoms with Gasteiger partial charge in [-0.3, -0.25) is 0 Å². The zero-order valence-electron chi connectivity index (χ0n) is 14.0. The van der Waals surface area contributed by atoms with E-state index in [4.69, 9.17) is 4.43 Å². The Morgan fingerprint density at radius 1 is 1.14 bits per heavy atom. The molecule has 0 unspecified atom stereocenters. The van der Waals surface area contributed by atoms with Gasteiger partial charge in [0, 0.05) is 0 Å². The van der Waals surface area contributed by atoms with Crippen LogP contribution in [-0.2, 0) is 19.0 Å². The molecular weight excluding hydrogens is 320 g/mol. The first-order chi connectivity index (χ1) is 9.90. The van der Waals surface area contributed by atoms with Crippen LogP contribution in [-0.4, -0.2) is 35.8 Å². The van der Waals surface area contributed by atoms with Gasteiger partial charge in [-0.15, -0.1) is 0 Å². The van der Waals surface area contributed by atoms with Gasteiger partial charge in [-0.1, -0.05) is 20.8 Å². The van der Waals surface area contributed by atoms with Gasteiger partial charge in [0.25, 0.3) is 0 Å². The maximum absolute atomic E-state index is 12.3. The van der Waals surface area contributed by atoms with Crippen LogP contribution < -0.4 is 0 Å². The van der Waals surface area contributed by atoms with Crippen molar-refractivity contribution < 1.29 is 22.4 Å². The van der Waals surface area contributed by atoms with Crippen molar-refractivity contribution in [3.8, 4) is 0 Å². The van der Waals surface area contributed by atoms with E-state index in [9.17, 15) is 13.2 Å². The van der Waals surface area contributed by atoms with Crippen LogP contribution in [0, 0.1) is 0 Å². The lowest BCUT2D eigenvalue weighted by molar-refractivity contribution is 0.0600. The smallest absolute Gasteiger partial charge is 0.337 e. The van der Waals surface area contributed by atoms with Crippen molar-refractivity contribution in [3.63, 3.8) is 0 Å². The first-order valence-electron chi connectivity index (χ1n) is 6.96. The van der Waals surface area contributed by atoms with E-state index in [0.717, 1.165) is 0 Å². The SMILES string of the molecule is COC(=O)c1ccc(S(=O)(=O)CO[Si](C)(C)C(C)(C)C)cc1. The Morgan fingerprint density at radius 2 is 1.64 bits per heavy atom. The average Bonchev–Trinajstić information content (AvgIpc) is 2.43. The van der Waals surface area contributed by atoms with Gasteiger partial charge < -0.3 is 9.16 Å². The van der Waals surface area contributed by atoms with Crippen molar-refractivity contribution in [1.29, 1.82) is 0 Å². The van der Waals surface area contributed by atoms with E-state index in [-0.39, 0.29) is 15.9 Å². The predicted octanol–water partition coefficient (Wildman–Crippen LogP) is 3.23. The van der Waals surface area contributed by atoms with E-state index in [0.29, 0.717) is 5.56 Å². The zero-order valence-corrected chi connectivity index (χ0v) is 15.8. The molecule has 124 valence electrons. The van der Waals surface area contributed by atoms with Crippen LogP contribution in [0.1, 0.15) is 31.1 Å². The van der Waals surface area contributed by atoms with E-state index in [1.54, 1.807) is 0 Å². The fraction of sp³-hybridized carbons (Fsp3) is 0.533. The standard InChI is InChI=1S/C15H24O5SSi/c1-15(2,3)22(5,6)20-11-21(17,18)13-9-7-12(8-10-13)14(16)19-4/h7-10H,11H2,1-6H3. The Balaban J connectivity index is 2.90. The second-order valence-electron chi connectivity index (χ2n) is 6.65. The van der Waals surface area contributed by atoms with Gasteiger partial charge in [-0.05, 0) is 42.4 Å². The fourth-order valence-corrected chi connectivity index (χ4v) is 4.34. The van der Waals surface area contributed by atoms with E-state index >= 15 is 0 Å². The molecule has 0 saturated carbocycles. The van der Waals surface area contributed by atoms with Crippen molar-refractivity contribution >= 4 is 24.1 Å². The number of esters is 1. The van der Waals surface area contributed by atoms with Crippen molar-refractivity contribution in [2.24, 2.45) is 0 Å². The second kappa shape index (κ2) is 6.52. The monoisotopic (exact) mass is 344 g/mol. The summed E-state index contributed by atoms with van der Waals surface area (Å²) >= 11 is 0. The Bertz CT molecular complexity index is 627. The molecule has 0 aliphatic rings. The highest BCUT2D eigenvalue weighted by atomic mass is 32.2. The maximum Gasteiger partial charge on any atom is 0.337 e. The topological polar surface area (TPSA) is 69.7 Å². The fourth-order valence-electron chi connectivity index (χ4n) is 1.43. The second-order valence-corrected chi connectivity index (χ2v) is 13.4. The molecule has 0 aromatic heterocycles. The number of methoxy groups -OCH3 is 1. The summed E-state index contributed by atoms with van der Waals surface area (Å²) in [6, 6.07) is 5.67. The third kappa shape index (κ3) is 4.41. The summed E-state index contributed by atoms with van der Waals surface area (Å²) in [5.74, 6) is -0.845. The minimum Gasteiger partial charge on any atom is -0.465 e. The van der Waals surface area contributed by atoms with Gasteiger partial charge in [0.2, 0.25) is 9.84 Å². The third-order valence-corrected chi connectivity index (χ3v) is 10.1. The van der Waals surface area contributed by atoms with E-state index < -0.39 is 24.1 Å². The molecule has 0 fully saturated rings. The highest BCUT2D eigenvalue weighted by Gasteiger charge is 2.38. The zero-order chi connectivity index (χ0) is 17.2. The summed E-state index contributed by atoms with van der Waals surface area (Å²) in [5.41, 5.74) is 0.312. The van der Waals surface area contributed by atoms with Crippen LogP contribution in [0.4, 0.5) is 0 Å². The molecule has 1 rings (SSSR count). The molecule has 0 aliphatic heterocycles. The van der Waals surface area contributed by atoms with Gasteiger partial charge in [-0.2, -0.15) is 0 Å². The molecule has 0 heterocycles. The first-order valence-corrected chi connectivity index (χ1v) is 11.5. The van der Waals surface area contributed by atoms with Crippen molar-refractivity contribution in [1.82, 2.24) is 0 Å². The molecule has 0 amide bonds. The number of sulfone groups is 1. The summed E-state index contributed by atoms with van der Waals surface area (Å²) in [5, 5.41) is -0.0583. The summed E-state index contributed by atoms with van der Waals surface area (Å²) < 4.78 is 35.0. The van der Waals surface area contributed by atoms with Gasteiger partial charge in [0.15, 0.2) is 8.32 Å². The minimum atomic E-state index is -3.54. The van der Waals surface area contributed by atoms with Crippen molar-refractivity contribution in [3.05, 3.63) is 29.8 Å². The number of hydrogen-bond donors (Lipinski definition) is 0. The molecule has 0 atom stereocenters. The van der Waals surface area contributed by atoms with E-state index in [2.05, 4.69) is 25.5 Å². The summed E-state index contributed by atoms with van der Waals surface area (Å²) in [6.45, 7) is 10.2. The van der Waals surface area contributed by atoms with E-state index in [1.807, 2.05) is 13.1 Å². The lowest BCUT2D eigenvalue weighted by Crippen LogP contribution is -2.42. The van der Waals surface area contributed by atoms with Crippen LogP contribution in [0.2, 0.25) is 18.1 Å². The Kier molecular flexibility index (Phi) is 5.59. The molecule has 22 heavy (non-hydrogen) atoms. The molecule has 7 heteroatoms. The van der Waals surface area contributed by atoms with Crippen molar-refractivity contribution in [2.75, 3.05) is 13.0 Å². The minimum absolute atomic E-state index is 0.0583. The van der Waals surface area contributed by atoms with Gasteiger partial charge in [0.1, 0.15) is 5.94 Å². The number of ether oxygens (including phenoxy) is 1. The normalized spacial score (nSPS) is 13.0. The number of rotatable bonds is 5. The molecule has 0 radical (unpaired) electrons. The van der Waals surface area contributed by atoms with Crippen LogP contribution in [0.15, 0.2) is 29.2 Å². The summed E-state index contributed by atoms with van der Waals surface area (Å²) in [6.07, 6.45) is 0. The molecule has 0 N–H and O–H groups in total. The number of carbonyl (C=O) groups is 1. The molecular formula is C15H24O5SSi. The molecule has 5 nitrogen and oxygen atoms in total. The van der Waals surface area contributed by atoms with Gasteiger partial charge >= 0.3 is 5.97 Å². The number of benzene rings is 1. The molecule has 0 spiro atoms. The quantitative estimate of drug-likeness (QED) is 0.606.